The fourth-order valence-electron chi connectivity index (χ4n) is 4.03. The molecular weight excluding hydrogens is 416 g/mol. The molecule has 4 rings (SSSR count). The molecule has 0 radical (unpaired) electrons. The van der Waals surface area contributed by atoms with Gasteiger partial charge in [0, 0.05) is 44.5 Å². The Hall–Kier alpha value is -2.65. The van der Waals surface area contributed by atoms with E-state index in [4.69, 9.17) is 4.74 Å². The van der Waals surface area contributed by atoms with Gasteiger partial charge in [-0.25, -0.2) is 13.4 Å². The number of ether oxygens (including phenoxy) is 1. The largest absolute Gasteiger partial charge is 0.495 e. The number of pyridine rings is 1. The van der Waals surface area contributed by atoms with Crippen LogP contribution in [0, 0.1) is 0 Å². The minimum absolute atomic E-state index is 0.0289. The molecule has 1 amide bonds. The number of rotatable bonds is 7. The maximum atomic E-state index is 13.0. The summed E-state index contributed by atoms with van der Waals surface area (Å²) in [5, 5.41) is 2.85. The summed E-state index contributed by atoms with van der Waals surface area (Å²) in [7, 11) is -2.28. The first-order valence-electron chi connectivity index (χ1n) is 10.7. The molecule has 3 heterocycles. The Bertz CT molecular complexity index is 1030. The number of hydrogen-bond acceptors (Lipinski definition) is 6. The van der Waals surface area contributed by atoms with E-state index in [1.807, 2.05) is 12.1 Å². The first-order valence-corrected chi connectivity index (χ1v) is 12.1. The molecule has 0 bridgehead atoms. The lowest BCUT2D eigenvalue weighted by Gasteiger charge is -2.18. The number of nitrogens with zero attached hydrogens (tertiary/aromatic N) is 3. The van der Waals surface area contributed by atoms with Crippen LogP contribution in [0.2, 0.25) is 0 Å². The molecule has 2 aliphatic rings. The Morgan fingerprint density at radius 3 is 2.42 bits per heavy atom. The number of carbonyl (C=O) groups is 1. The van der Waals surface area contributed by atoms with Crippen molar-refractivity contribution in [1.29, 1.82) is 0 Å². The quantitative estimate of drug-likeness (QED) is 0.705. The van der Waals surface area contributed by atoms with Crippen molar-refractivity contribution in [2.24, 2.45) is 0 Å². The fourth-order valence-corrected chi connectivity index (χ4v) is 5.72. The molecule has 2 fully saturated rings. The third kappa shape index (κ3) is 4.67. The van der Waals surface area contributed by atoms with E-state index in [0.717, 1.165) is 37.3 Å². The van der Waals surface area contributed by atoms with Crippen LogP contribution in [0.1, 0.15) is 41.6 Å². The molecule has 0 aliphatic carbocycles. The zero-order chi connectivity index (χ0) is 21.8. The molecule has 1 aromatic heterocycles. The average molecular weight is 445 g/mol. The van der Waals surface area contributed by atoms with Crippen LogP contribution >= 0.6 is 0 Å². The molecule has 9 heteroatoms. The molecule has 2 aliphatic heterocycles. The van der Waals surface area contributed by atoms with Crippen molar-refractivity contribution in [1.82, 2.24) is 14.6 Å². The molecule has 166 valence electrons. The first-order chi connectivity index (χ1) is 15.0. The highest BCUT2D eigenvalue weighted by molar-refractivity contribution is 7.89. The number of anilines is 1. The molecule has 1 aromatic carbocycles. The Morgan fingerprint density at radius 1 is 1.06 bits per heavy atom. The van der Waals surface area contributed by atoms with Gasteiger partial charge in [0.25, 0.3) is 5.91 Å². The van der Waals surface area contributed by atoms with Gasteiger partial charge in [-0.2, -0.15) is 4.31 Å². The van der Waals surface area contributed by atoms with Crippen LogP contribution < -0.4 is 15.0 Å². The molecule has 31 heavy (non-hydrogen) atoms. The lowest BCUT2D eigenvalue weighted by Crippen LogP contribution is -2.29. The summed E-state index contributed by atoms with van der Waals surface area (Å²) in [6.07, 6.45) is 5.83. The highest BCUT2D eigenvalue weighted by Gasteiger charge is 2.30. The Balaban J connectivity index is 1.46. The molecule has 8 nitrogen and oxygen atoms in total. The number of benzene rings is 1. The van der Waals surface area contributed by atoms with Crippen LogP contribution in [-0.4, -0.2) is 56.9 Å². The Kier molecular flexibility index (Phi) is 6.43. The van der Waals surface area contributed by atoms with Gasteiger partial charge in [-0.1, -0.05) is 6.07 Å². The van der Waals surface area contributed by atoms with Gasteiger partial charge in [-0.3, -0.25) is 4.79 Å². The highest BCUT2D eigenvalue weighted by Crippen LogP contribution is 2.30. The summed E-state index contributed by atoms with van der Waals surface area (Å²) >= 11 is 0. The molecular formula is C22H28N4O4S. The SMILES string of the molecule is COc1ccc(C(=O)NCc2ccc(N3CCCC3)nc2)cc1S(=O)(=O)N1CCCC1. The zero-order valence-electron chi connectivity index (χ0n) is 17.7. The van der Waals surface area contributed by atoms with Crippen LogP contribution in [0.25, 0.3) is 0 Å². The normalized spacial score (nSPS) is 17.1. The molecule has 0 spiro atoms. The third-order valence-corrected chi connectivity index (χ3v) is 7.72. The van der Waals surface area contributed by atoms with Gasteiger partial charge in [0.1, 0.15) is 16.5 Å². The van der Waals surface area contributed by atoms with Crippen LogP contribution in [0.15, 0.2) is 41.4 Å². The van der Waals surface area contributed by atoms with E-state index in [1.165, 1.54) is 36.4 Å². The highest BCUT2D eigenvalue weighted by atomic mass is 32.2. The van der Waals surface area contributed by atoms with Crippen molar-refractivity contribution < 1.29 is 17.9 Å². The second-order valence-corrected chi connectivity index (χ2v) is 9.78. The predicted molar refractivity (Wildman–Crippen MR) is 118 cm³/mol. The molecule has 2 saturated heterocycles. The lowest BCUT2D eigenvalue weighted by molar-refractivity contribution is 0.0950. The van der Waals surface area contributed by atoms with E-state index in [1.54, 1.807) is 12.3 Å². The molecule has 0 saturated carbocycles. The van der Waals surface area contributed by atoms with Crippen LogP contribution in [0.5, 0.6) is 5.75 Å². The zero-order valence-corrected chi connectivity index (χ0v) is 18.5. The lowest BCUT2D eigenvalue weighted by atomic mass is 10.2. The van der Waals surface area contributed by atoms with Gasteiger partial charge in [-0.05, 0) is 55.5 Å². The predicted octanol–water partition coefficient (Wildman–Crippen LogP) is 2.40. The van der Waals surface area contributed by atoms with Crippen molar-refractivity contribution in [3.63, 3.8) is 0 Å². The van der Waals surface area contributed by atoms with Gasteiger partial charge in [0.15, 0.2) is 0 Å². The van der Waals surface area contributed by atoms with E-state index in [9.17, 15) is 13.2 Å². The number of carbonyl (C=O) groups excluding carboxylic acids is 1. The number of aromatic nitrogens is 1. The van der Waals surface area contributed by atoms with Gasteiger partial charge < -0.3 is 15.0 Å². The fraction of sp³-hybridized carbons (Fsp3) is 0.455. The minimum Gasteiger partial charge on any atom is -0.495 e. The summed E-state index contributed by atoms with van der Waals surface area (Å²) in [4.78, 5) is 19.5. The topological polar surface area (TPSA) is 91.8 Å². The first kappa shape index (κ1) is 21.6. The molecule has 1 N–H and O–H groups in total. The van der Waals surface area contributed by atoms with Gasteiger partial charge >= 0.3 is 0 Å². The Labute approximate surface area is 183 Å². The number of hydrogen-bond donors (Lipinski definition) is 1. The van der Waals surface area contributed by atoms with Crippen molar-refractivity contribution in [3.05, 3.63) is 47.7 Å². The van der Waals surface area contributed by atoms with E-state index >= 15 is 0 Å². The number of methoxy groups -OCH3 is 1. The average Bonchev–Trinajstić information content (AvgIpc) is 3.52. The summed E-state index contributed by atoms with van der Waals surface area (Å²) in [6, 6.07) is 8.44. The van der Waals surface area contributed by atoms with Gasteiger partial charge in [0.2, 0.25) is 10.0 Å². The van der Waals surface area contributed by atoms with Gasteiger partial charge in [-0.15, -0.1) is 0 Å². The van der Waals surface area contributed by atoms with Crippen molar-refractivity contribution in [2.45, 2.75) is 37.1 Å². The van der Waals surface area contributed by atoms with Crippen molar-refractivity contribution in [2.75, 3.05) is 38.2 Å². The maximum absolute atomic E-state index is 13.0. The Morgan fingerprint density at radius 2 is 1.77 bits per heavy atom. The van der Waals surface area contributed by atoms with Crippen LogP contribution in [-0.2, 0) is 16.6 Å². The molecule has 0 atom stereocenters. The molecule has 0 unspecified atom stereocenters. The molecule has 2 aromatic rings. The van der Waals surface area contributed by atoms with Crippen molar-refractivity contribution >= 4 is 21.7 Å². The second-order valence-electron chi connectivity index (χ2n) is 7.88. The van der Waals surface area contributed by atoms with E-state index in [0.29, 0.717) is 19.6 Å². The maximum Gasteiger partial charge on any atom is 0.251 e. The third-order valence-electron chi connectivity index (χ3n) is 5.80. The van der Waals surface area contributed by atoms with Crippen LogP contribution in [0.4, 0.5) is 5.82 Å². The summed E-state index contributed by atoms with van der Waals surface area (Å²) in [6.45, 7) is 3.35. The number of sulfonamides is 1. The summed E-state index contributed by atoms with van der Waals surface area (Å²) in [5.41, 5.74) is 1.16. The van der Waals surface area contributed by atoms with Crippen molar-refractivity contribution in [3.8, 4) is 5.75 Å². The smallest absolute Gasteiger partial charge is 0.251 e. The van der Waals surface area contributed by atoms with E-state index in [-0.39, 0.29) is 22.1 Å². The van der Waals surface area contributed by atoms with Gasteiger partial charge in [0.05, 0.1) is 7.11 Å². The standard InChI is InChI=1S/C22H28N4O4S/c1-30-19-8-7-18(14-20(19)31(28,29)26-12-4-5-13-26)22(27)24-16-17-6-9-21(23-15-17)25-10-2-3-11-25/h6-9,14-15H,2-5,10-13,16H2,1H3,(H,24,27). The minimum atomic E-state index is -3.70. The van der Waals surface area contributed by atoms with E-state index in [2.05, 4.69) is 15.2 Å². The summed E-state index contributed by atoms with van der Waals surface area (Å²) < 4.78 is 32.7. The van der Waals surface area contributed by atoms with Crippen LogP contribution in [0.3, 0.4) is 0 Å². The van der Waals surface area contributed by atoms with E-state index < -0.39 is 10.0 Å². The number of amides is 1. The summed E-state index contributed by atoms with van der Waals surface area (Å²) in [5.74, 6) is 0.855. The number of nitrogens with one attached hydrogen (secondary N) is 1. The monoisotopic (exact) mass is 444 g/mol. The second kappa shape index (κ2) is 9.23.